The number of methoxy groups -OCH3 is 1. The maximum atomic E-state index is 10.9. The number of esters is 1. The van der Waals surface area contributed by atoms with Crippen LogP contribution in [0.1, 0.15) is 29.7 Å². The number of carbonyl (C=O) groups excluding carboxylic acids is 1. The molecular formula is C9H13NO2S. The Hall–Kier alpha value is -0.900. The van der Waals surface area contributed by atoms with Crippen molar-refractivity contribution in [2.24, 2.45) is 0 Å². The first kappa shape index (κ1) is 10.2. The molecule has 0 spiro atoms. The summed E-state index contributed by atoms with van der Waals surface area (Å²) in [6, 6.07) is 0. The van der Waals surface area contributed by atoms with Gasteiger partial charge in [-0.05, 0) is 5.92 Å². The molecular weight excluding hydrogens is 186 g/mol. The van der Waals surface area contributed by atoms with E-state index >= 15 is 0 Å². The average Bonchev–Trinajstić information content (AvgIpc) is 2.52. The van der Waals surface area contributed by atoms with Crippen molar-refractivity contribution in [2.45, 2.75) is 26.2 Å². The molecule has 0 saturated carbocycles. The molecule has 1 aromatic rings. The van der Waals surface area contributed by atoms with Crippen LogP contribution in [-0.4, -0.2) is 18.1 Å². The summed E-state index contributed by atoms with van der Waals surface area (Å²) in [6.07, 6.45) is 2.11. The maximum absolute atomic E-state index is 10.9. The van der Waals surface area contributed by atoms with Crippen LogP contribution < -0.4 is 0 Å². The van der Waals surface area contributed by atoms with E-state index in [1.807, 2.05) is 6.20 Å². The van der Waals surface area contributed by atoms with Gasteiger partial charge in [0.15, 0.2) is 0 Å². The van der Waals surface area contributed by atoms with Crippen molar-refractivity contribution in [1.82, 2.24) is 4.98 Å². The fourth-order valence-electron chi connectivity index (χ4n) is 0.869. The summed E-state index contributed by atoms with van der Waals surface area (Å²) < 4.78 is 4.55. The fourth-order valence-corrected chi connectivity index (χ4v) is 1.78. The summed E-state index contributed by atoms with van der Waals surface area (Å²) in [5.41, 5.74) is 0. The molecule has 4 heteroatoms. The largest absolute Gasteiger partial charge is 0.469 e. The third-order valence-corrected chi connectivity index (χ3v) is 2.96. The van der Waals surface area contributed by atoms with Gasteiger partial charge in [-0.2, -0.15) is 0 Å². The first-order valence-corrected chi connectivity index (χ1v) is 4.96. The number of aromatic nitrogens is 1. The van der Waals surface area contributed by atoms with Gasteiger partial charge in [0.25, 0.3) is 0 Å². The van der Waals surface area contributed by atoms with E-state index in [2.05, 4.69) is 23.6 Å². The quantitative estimate of drug-likeness (QED) is 0.699. The second kappa shape index (κ2) is 4.37. The number of nitrogens with zero attached hydrogens (tertiary/aromatic N) is 1. The Balaban J connectivity index is 2.64. The van der Waals surface area contributed by atoms with Crippen molar-refractivity contribution < 1.29 is 9.53 Å². The second-order valence-electron chi connectivity index (χ2n) is 3.06. The van der Waals surface area contributed by atoms with Crippen LogP contribution >= 0.6 is 11.3 Å². The number of thiazole rings is 1. The van der Waals surface area contributed by atoms with Gasteiger partial charge in [0, 0.05) is 11.1 Å². The van der Waals surface area contributed by atoms with Gasteiger partial charge >= 0.3 is 5.97 Å². The lowest BCUT2D eigenvalue weighted by atomic mass is 10.2. The first-order chi connectivity index (χ1) is 6.13. The molecule has 72 valence electrons. The van der Waals surface area contributed by atoms with Gasteiger partial charge < -0.3 is 4.74 Å². The lowest BCUT2D eigenvalue weighted by Gasteiger charge is -1.96. The van der Waals surface area contributed by atoms with Gasteiger partial charge in [0.05, 0.1) is 13.5 Å². The van der Waals surface area contributed by atoms with E-state index in [9.17, 15) is 4.79 Å². The normalized spacial score (nSPS) is 10.5. The van der Waals surface area contributed by atoms with Crippen LogP contribution in [-0.2, 0) is 16.0 Å². The summed E-state index contributed by atoms with van der Waals surface area (Å²) in [4.78, 5) is 16.3. The van der Waals surface area contributed by atoms with E-state index < -0.39 is 0 Å². The van der Waals surface area contributed by atoms with Crippen molar-refractivity contribution in [3.63, 3.8) is 0 Å². The zero-order chi connectivity index (χ0) is 9.84. The third kappa shape index (κ3) is 2.81. The number of rotatable bonds is 3. The van der Waals surface area contributed by atoms with Crippen molar-refractivity contribution in [2.75, 3.05) is 7.11 Å². The number of hydrogen-bond acceptors (Lipinski definition) is 4. The molecule has 0 atom stereocenters. The Morgan fingerprint density at radius 1 is 1.69 bits per heavy atom. The topological polar surface area (TPSA) is 39.2 Å². The molecule has 0 aliphatic rings. The molecule has 0 bridgehead atoms. The highest BCUT2D eigenvalue weighted by Gasteiger charge is 2.09. The van der Waals surface area contributed by atoms with Gasteiger partial charge in [-0.1, -0.05) is 13.8 Å². The van der Waals surface area contributed by atoms with Crippen molar-refractivity contribution in [3.05, 3.63) is 16.1 Å². The van der Waals surface area contributed by atoms with Gasteiger partial charge in [-0.3, -0.25) is 4.79 Å². The number of ether oxygens (including phenoxy) is 1. The Morgan fingerprint density at radius 2 is 2.38 bits per heavy atom. The molecule has 1 aromatic heterocycles. The highest BCUT2D eigenvalue weighted by molar-refractivity contribution is 7.11. The number of carbonyl (C=O) groups is 1. The predicted molar refractivity (Wildman–Crippen MR) is 51.9 cm³/mol. The van der Waals surface area contributed by atoms with E-state index in [1.165, 1.54) is 12.0 Å². The summed E-state index contributed by atoms with van der Waals surface area (Å²) >= 11 is 1.57. The lowest BCUT2D eigenvalue weighted by molar-refractivity contribution is -0.139. The van der Waals surface area contributed by atoms with Crippen molar-refractivity contribution in [3.8, 4) is 0 Å². The molecule has 1 heterocycles. The van der Waals surface area contributed by atoms with Crippen LogP contribution in [0.3, 0.4) is 0 Å². The Labute approximate surface area is 81.8 Å². The van der Waals surface area contributed by atoms with Crippen molar-refractivity contribution >= 4 is 17.3 Å². The van der Waals surface area contributed by atoms with Gasteiger partial charge in [0.2, 0.25) is 0 Å². The molecule has 0 N–H and O–H groups in total. The lowest BCUT2D eigenvalue weighted by Crippen LogP contribution is -2.03. The minimum Gasteiger partial charge on any atom is -0.469 e. The summed E-state index contributed by atoms with van der Waals surface area (Å²) in [7, 11) is 1.39. The third-order valence-electron chi connectivity index (χ3n) is 1.66. The highest BCUT2D eigenvalue weighted by Crippen LogP contribution is 2.21. The molecule has 13 heavy (non-hydrogen) atoms. The monoisotopic (exact) mass is 199 g/mol. The summed E-state index contributed by atoms with van der Waals surface area (Å²) in [5.74, 6) is 0.244. The zero-order valence-corrected chi connectivity index (χ0v) is 8.85. The Bertz CT molecular complexity index is 294. The van der Waals surface area contributed by atoms with Crippen LogP contribution in [0.15, 0.2) is 6.20 Å². The minimum atomic E-state index is -0.232. The Morgan fingerprint density at radius 3 is 2.85 bits per heavy atom. The molecule has 0 aromatic carbocycles. The molecule has 3 nitrogen and oxygen atoms in total. The van der Waals surface area contributed by atoms with E-state index in [0.717, 1.165) is 5.01 Å². The molecule has 0 saturated heterocycles. The fraction of sp³-hybridized carbons (Fsp3) is 0.556. The van der Waals surface area contributed by atoms with Crippen LogP contribution in [0, 0.1) is 0 Å². The second-order valence-corrected chi connectivity index (χ2v) is 4.21. The summed E-state index contributed by atoms with van der Waals surface area (Å²) in [6.45, 7) is 4.21. The smallest absolute Gasteiger partial charge is 0.312 e. The van der Waals surface area contributed by atoms with Crippen LogP contribution in [0.25, 0.3) is 0 Å². The maximum Gasteiger partial charge on any atom is 0.312 e. The first-order valence-electron chi connectivity index (χ1n) is 4.15. The van der Waals surface area contributed by atoms with Crippen molar-refractivity contribution in [1.29, 1.82) is 0 Å². The van der Waals surface area contributed by atoms with Crippen LogP contribution in [0.4, 0.5) is 0 Å². The molecule has 0 radical (unpaired) electrons. The molecule has 0 aliphatic carbocycles. The average molecular weight is 199 g/mol. The van der Waals surface area contributed by atoms with E-state index in [-0.39, 0.29) is 12.4 Å². The van der Waals surface area contributed by atoms with E-state index in [0.29, 0.717) is 5.92 Å². The zero-order valence-electron chi connectivity index (χ0n) is 8.03. The Kier molecular flexibility index (Phi) is 3.42. The molecule has 0 fully saturated rings. The highest BCUT2D eigenvalue weighted by atomic mass is 32.1. The minimum absolute atomic E-state index is 0.232. The molecule has 0 unspecified atom stereocenters. The predicted octanol–water partition coefficient (Wildman–Crippen LogP) is 1.98. The van der Waals surface area contributed by atoms with Crippen LogP contribution in [0.5, 0.6) is 0 Å². The standard InChI is InChI=1S/C9H13NO2S/c1-6(2)7-5-10-8(13-7)4-9(11)12-3/h5-6H,4H2,1-3H3. The summed E-state index contributed by atoms with van der Waals surface area (Å²) in [5, 5.41) is 0.829. The molecule has 0 aliphatic heterocycles. The van der Waals surface area contributed by atoms with E-state index in [4.69, 9.17) is 0 Å². The van der Waals surface area contributed by atoms with Gasteiger partial charge in [-0.25, -0.2) is 4.98 Å². The van der Waals surface area contributed by atoms with E-state index in [1.54, 1.807) is 11.3 Å². The SMILES string of the molecule is COC(=O)Cc1ncc(C(C)C)s1. The van der Waals surface area contributed by atoms with Gasteiger partial charge in [0.1, 0.15) is 5.01 Å². The van der Waals surface area contributed by atoms with Gasteiger partial charge in [-0.15, -0.1) is 11.3 Å². The van der Waals surface area contributed by atoms with Crippen LogP contribution in [0.2, 0.25) is 0 Å². The molecule has 1 rings (SSSR count). The number of hydrogen-bond donors (Lipinski definition) is 0. The molecule has 0 amide bonds.